The number of rotatable bonds is 8. The highest BCUT2D eigenvalue weighted by Gasteiger charge is 2.20. The van der Waals surface area contributed by atoms with Gasteiger partial charge in [0.2, 0.25) is 0 Å². The van der Waals surface area contributed by atoms with Crippen LogP contribution in [0.3, 0.4) is 0 Å². The molecule has 8 heteroatoms. The molecule has 2 N–H and O–H groups in total. The van der Waals surface area contributed by atoms with Gasteiger partial charge in [-0.25, -0.2) is 9.78 Å². The minimum atomic E-state index is -0.309. The van der Waals surface area contributed by atoms with Gasteiger partial charge in [-0.3, -0.25) is 4.99 Å². The van der Waals surface area contributed by atoms with Crippen molar-refractivity contribution in [3.05, 3.63) is 27.2 Å². The molecule has 1 aliphatic heterocycles. The quantitative estimate of drug-likeness (QED) is 0.305. The van der Waals surface area contributed by atoms with Crippen molar-refractivity contribution >= 4 is 23.3 Å². The predicted octanol–water partition coefficient (Wildman–Crippen LogP) is 2.98. The zero-order valence-corrected chi connectivity index (χ0v) is 17.4. The number of ether oxygens (including phenoxy) is 2. The molecule has 150 valence electrons. The van der Waals surface area contributed by atoms with E-state index in [9.17, 15) is 4.79 Å². The molecule has 0 aliphatic carbocycles. The molecule has 0 fully saturated rings. The SMILES string of the molecule is CCNC(=NCCC1=CCOCC1)NC(C)c1nc(C)c(C(=O)OCC)s1. The van der Waals surface area contributed by atoms with Crippen LogP contribution in [0, 0.1) is 6.92 Å². The number of esters is 1. The molecule has 0 radical (unpaired) electrons. The Morgan fingerprint density at radius 3 is 2.96 bits per heavy atom. The molecule has 1 atom stereocenters. The van der Waals surface area contributed by atoms with Crippen LogP contribution in [0.25, 0.3) is 0 Å². The summed E-state index contributed by atoms with van der Waals surface area (Å²) < 4.78 is 10.4. The molecular formula is C19H30N4O3S. The maximum absolute atomic E-state index is 12.0. The number of nitrogens with one attached hydrogen (secondary N) is 2. The van der Waals surface area contributed by atoms with Gasteiger partial charge in [0.1, 0.15) is 9.88 Å². The Labute approximate surface area is 165 Å². The van der Waals surface area contributed by atoms with Crippen molar-refractivity contribution in [2.24, 2.45) is 4.99 Å². The second-order valence-electron chi connectivity index (χ2n) is 6.25. The minimum Gasteiger partial charge on any atom is -0.462 e. The third kappa shape index (κ3) is 6.62. The third-order valence-electron chi connectivity index (χ3n) is 4.10. The van der Waals surface area contributed by atoms with E-state index >= 15 is 0 Å². The lowest BCUT2D eigenvalue weighted by molar-refractivity contribution is 0.0531. The van der Waals surface area contributed by atoms with Crippen LogP contribution in [0.2, 0.25) is 0 Å². The van der Waals surface area contributed by atoms with E-state index in [1.165, 1.54) is 16.9 Å². The molecule has 7 nitrogen and oxygen atoms in total. The highest BCUT2D eigenvalue weighted by molar-refractivity contribution is 7.13. The molecule has 2 heterocycles. The summed E-state index contributed by atoms with van der Waals surface area (Å²) in [5.74, 6) is 0.444. The second kappa shape index (κ2) is 11.0. The summed E-state index contributed by atoms with van der Waals surface area (Å²) in [5.41, 5.74) is 2.11. The van der Waals surface area contributed by atoms with Crippen LogP contribution in [0.15, 0.2) is 16.6 Å². The predicted molar refractivity (Wildman–Crippen MR) is 108 cm³/mol. The Bertz CT molecular complexity index is 684. The average molecular weight is 395 g/mol. The molecule has 1 aliphatic rings. The average Bonchev–Trinajstić information content (AvgIpc) is 3.05. The van der Waals surface area contributed by atoms with Crippen molar-refractivity contribution in [2.75, 3.05) is 32.9 Å². The van der Waals surface area contributed by atoms with Gasteiger partial charge in [-0.2, -0.15) is 0 Å². The molecule has 1 aromatic rings. The Hall–Kier alpha value is -1.93. The minimum absolute atomic E-state index is 0.0584. The molecule has 27 heavy (non-hydrogen) atoms. The monoisotopic (exact) mass is 394 g/mol. The largest absolute Gasteiger partial charge is 0.462 e. The third-order valence-corrected chi connectivity index (χ3v) is 5.42. The van der Waals surface area contributed by atoms with Gasteiger partial charge in [0.25, 0.3) is 0 Å². The first-order valence-electron chi connectivity index (χ1n) is 9.50. The number of hydrogen-bond donors (Lipinski definition) is 2. The number of aryl methyl sites for hydroxylation is 1. The normalized spacial score (nSPS) is 15.9. The van der Waals surface area contributed by atoms with Crippen LogP contribution in [-0.4, -0.2) is 49.8 Å². The van der Waals surface area contributed by atoms with E-state index in [0.29, 0.717) is 23.8 Å². The van der Waals surface area contributed by atoms with Crippen LogP contribution in [0.5, 0.6) is 0 Å². The second-order valence-corrected chi connectivity index (χ2v) is 7.28. The van der Waals surface area contributed by atoms with Crippen molar-refractivity contribution in [3.8, 4) is 0 Å². The molecule has 0 saturated carbocycles. The summed E-state index contributed by atoms with van der Waals surface area (Å²) in [6.45, 7) is 11.1. The van der Waals surface area contributed by atoms with Crippen LogP contribution in [0.4, 0.5) is 0 Å². The number of aromatic nitrogens is 1. The van der Waals surface area contributed by atoms with Gasteiger partial charge < -0.3 is 20.1 Å². The summed E-state index contributed by atoms with van der Waals surface area (Å²) in [4.78, 5) is 21.8. The molecule has 1 aromatic heterocycles. The Morgan fingerprint density at radius 1 is 1.48 bits per heavy atom. The Kier molecular flexibility index (Phi) is 8.74. The molecule has 0 spiro atoms. The van der Waals surface area contributed by atoms with E-state index < -0.39 is 0 Å². The van der Waals surface area contributed by atoms with E-state index in [1.54, 1.807) is 6.92 Å². The zero-order chi connectivity index (χ0) is 19.6. The smallest absolute Gasteiger partial charge is 0.350 e. The van der Waals surface area contributed by atoms with Gasteiger partial charge in [0.05, 0.1) is 31.6 Å². The molecule has 0 bridgehead atoms. The van der Waals surface area contributed by atoms with Crippen LogP contribution < -0.4 is 10.6 Å². The van der Waals surface area contributed by atoms with Crippen molar-refractivity contribution in [2.45, 2.75) is 46.6 Å². The fourth-order valence-corrected chi connectivity index (χ4v) is 3.64. The van der Waals surface area contributed by atoms with E-state index in [-0.39, 0.29) is 12.0 Å². The zero-order valence-electron chi connectivity index (χ0n) is 16.6. The number of carbonyl (C=O) groups excluding carboxylic acids is 1. The van der Waals surface area contributed by atoms with Crippen LogP contribution in [-0.2, 0) is 9.47 Å². The Balaban J connectivity index is 1.98. The van der Waals surface area contributed by atoms with E-state index in [2.05, 4.69) is 26.7 Å². The van der Waals surface area contributed by atoms with Gasteiger partial charge in [-0.15, -0.1) is 11.3 Å². The standard InChI is InChI=1S/C19H30N4O3S/c1-5-20-19(21-10-7-15-8-11-25-12-9-15)23-14(4)17-22-13(3)16(27-17)18(24)26-6-2/h8,14H,5-7,9-12H2,1-4H3,(H2,20,21,23). The molecule has 0 amide bonds. The summed E-state index contributed by atoms with van der Waals surface area (Å²) in [6, 6.07) is -0.0584. The Morgan fingerprint density at radius 2 is 2.30 bits per heavy atom. The number of nitrogens with zero attached hydrogens (tertiary/aromatic N) is 2. The number of aliphatic imine (C=N–C) groups is 1. The first kappa shape index (κ1) is 21.4. The van der Waals surface area contributed by atoms with Gasteiger partial charge in [0.15, 0.2) is 5.96 Å². The number of hydrogen-bond acceptors (Lipinski definition) is 6. The van der Waals surface area contributed by atoms with Crippen molar-refractivity contribution in [3.63, 3.8) is 0 Å². The topological polar surface area (TPSA) is 84.8 Å². The summed E-state index contributed by atoms with van der Waals surface area (Å²) >= 11 is 1.37. The van der Waals surface area contributed by atoms with Gasteiger partial charge in [0, 0.05) is 13.1 Å². The highest BCUT2D eigenvalue weighted by atomic mass is 32.1. The fourth-order valence-electron chi connectivity index (χ4n) is 2.68. The van der Waals surface area contributed by atoms with E-state index in [0.717, 1.165) is 43.5 Å². The molecule has 1 unspecified atom stereocenters. The lowest BCUT2D eigenvalue weighted by atomic mass is 10.1. The van der Waals surface area contributed by atoms with Crippen LogP contribution >= 0.6 is 11.3 Å². The first-order valence-corrected chi connectivity index (χ1v) is 10.3. The molecule has 0 aromatic carbocycles. The lowest BCUT2D eigenvalue weighted by Gasteiger charge is -2.16. The number of carbonyl (C=O) groups is 1. The maximum Gasteiger partial charge on any atom is 0.350 e. The summed E-state index contributed by atoms with van der Waals surface area (Å²) in [6.07, 6.45) is 4.08. The molecule has 2 rings (SSSR count). The van der Waals surface area contributed by atoms with Crippen LogP contribution in [0.1, 0.15) is 60.0 Å². The highest BCUT2D eigenvalue weighted by Crippen LogP contribution is 2.24. The van der Waals surface area contributed by atoms with Crippen molar-refractivity contribution < 1.29 is 14.3 Å². The van der Waals surface area contributed by atoms with Gasteiger partial charge in [-0.1, -0.05) is 11.6 Å². The van der Waals surface area contributed by atoms with Gasteiger partial charge in [-0.05, 0) is 40.5 Å². The lowest BCUT2D eigenvalue weighted by Crippen LogP contribution is -2.38. The van der Waals surface area contributed by atoms with E-state index in [4.69, 9.17) is 9.47 Å². The summed E-state index contributed by atoms with van der Waals surface area (Å²) in [7, 11) is 0. The van der Waals surface area contributed by atoms with Crippen molar-refractivity contribution in [1.29, 1.82) is 0 Å². The maximum atomic E-state index is 12.0. The van der Waals surface area contributed by atoms with E-state index in [1.807, 2.05) is 20.8 Å². The number of thiazole rings is 1. The molecule has 0 saturated heterocycles. The number of guanidine groups is 1. The fraction of sp³-hybridized carbons (Fsp3) is 0.632. The summed E-state index contributed by atoms with van der Waals surface area (Å²) in [5, 5.41) is 7.48. The first-order chi connectivity index (χ1) is 13.0. The van der Waals surface area contributed by atoms with Crippen molar-refractivity contribution in [1.82, 2.24) is 15.6 Å². The molecular weight excluding hydrogens is 364 g/mol. The van der Waals surface area contributed by atoms with Gasteiger partial charge >= 0.3 is 5.97 Å².